The van der Waals surface area contributed by atoms with Gasteiger partial charge in [-0.2, -0.15) is 0 Å². The molecule has 3 nitrogen and oxygen atoms in total. The molecular formula is C7H12F2N2O. The van der Waals surface area contributed by atoms with E-state index in [1.54, 1.807) is 11.9 Å². The molecule has 0 aromatic carbocycles. The monoisotopic (exact) mass is 178 g/mol. The van der Waals surface area contributed by atoms with E-state index in [1.807, 2.05) is 0 Å². The van der Waals surface area contributed by atoms with Crippen LogP contribution in [-0.2, 0) is 4.79 Å². The van der Waals surface area contributed by atoms with Gasteiger partial charge in [0.1, 0.15) is 0 Å². The van der Waals surface area contributed by atoms with E-state index in [2.05, 4.69) is 0 Å². The van der Waals surface area contributed by atoms with Gasteiger partial charge in [0, 0.05) is 20.1 Å². The van der Waals surface area contributed by atoms with Gasteiger partial charge in [0.25, 0.3) is 6.43 Å². The lowest BCUT2D eigenvalue weighted by Gasteiger charge is -2.31. The number of piperazine rings is 1. The first-order chi connectivity index (χ1) is 5.59. The van der Waals surface area contributed by atoms with Crippen molar-refractivity contribution in [3.63, 3.8) is 0 Å². The molecule has 0 spiro atoms. The molecule has 1 aliphatic heterocycles. The normalized spacial score (nSPS) is 20.7. The van der Waals surface area contributed by atoms with Crippen molar-refractivity contribution in [1.29, 1.82) is 0 Å². The number of carbonyl (C=O) groups excluding carboxylic acids is 1. The molecule has 1 amide bonds. The number of hydrogen-bond acceptors (Lipinski definition) is 2. The highest BCUT2D eigenvalue weighted by Crippen LogP contribution is 2.03. The van der Waals surface area contributed by atoms with Crippen molar-refractivity contribution < 1.29 is 13.6 Å². The molecule has 1 rings (SSSR count). The van der Waals surface area contributed by atoms with E-state index in [0.29, 0.717) is 13.1 Å². The molecule has 70 valence electrons. The Morgan fingerprint density at radius 1 is 1.50 bits per heavy atom. The van der Waals surface area contributed by atoms with E-state index >= 15 is 0 Å². The van der Waals surface area contributed by atoms with E-state index in [0.717, 1.165) is 0 Å². The SMILES string of the molecule is CN1CCN(CC(F)F)CC1=O. The van der Waals surface area contributed by atoms with Crippen LogP contribution in [0.5, 0.6) is 0 Å². The Morgan fingerprint density at radius 3 is 2.67 bits per heavy atom. The highest BCUT2D eigenvalue weighted by atomic mass is 19.3. The topological polar surface area (TPSA) is 23.6 Å². The first kappa shape index (κ1) is 9.38. The smallest absolute Gasteiger partial charge is 0.251 e. The summed E-state index contributed by atoms with van der Waals surface area (Å²) in [4.78, 5) is 14.1. The van der Waals surface area contributed by atoms with Crippen molar-refractivity contribution >= 4 is 5.91 Å². The molecule has 0 N–H and O–H groups in total. The Labute approximate surface area is 69.9 Å². The number of rotatable bonds is 2. The number of amides is 1. The van der Waals surface area contributed by atoms with Crippen LogP contribution >= 0.6 is 0 Å². The maximum Gasteiger partial charge on any atom is 0.251 e. The van der Waals surface area contributed by atoms with Gasteiger partial charge >= 0.3 is 0 Å². The van der Waals surface area contributed by atoms with E-state index < -0.39 is 6.43 Å². The van der Waals surface area contributed by atoms with E-state index in [9.17, 15) is 13.6 Å². The summed E-state index contributed by atoms with van der Waals surface area (Å²) in [5.41, 5.74) is 0. The van der Waals surface area contributed by atoms with Gasteiger partial charge in [-0.3, -0.25) is 9.69 Å². The van der Waals surface area contributed by atoms with Gasteiger partial charge in [-0.1, -0.05) is 0 Å². The predicted molar refractivity (Wildman–Crippen MR) is 40.1 cm³/mol. The first-order valence-electron chi connectivity index (χ1n) is 3.84. The summed E-state index contributed by atoms with van der Waals surface area (Å²) in [5.74, 6) is -0.0816. The zero-order valence-electron chi connectivity index (χ0n) is 6.96. The highest BCUT2D eigenvalue weighted by Gasteiger charge is 2.22. The van der Waals surface area contributed by atoms with Gasteiger partial charge in [0.15, 0.2) is 0 Å². The van der Waals surface area contributed by atoms with Crippen molar-refractivity contribution in [2.45, 2.75) is 6.43 Å². The fourth-order valence-corrected chi connectivity index (χ4v) is 1.16. The molecule has 1 fully saturated rings. The zero-order chi connectivity index (χ0) is 9.14. The first-order valence-corrected chi connectivity index (χ1v) is 3.84. The van der Waals surface area contributed by atoms with Crippen LogP contribution in [0.1, 0.15) is 0 Å². The van der Waals surface area contributed by atoms with Crippen molar-refractivity contribution in [2.24, 2.45) is 0 Å². The number of hydrogen-bond donors (Lipinski definition) is 0. The standard InChI is InChI=1S/C7H12F2N2O/c1-10-2-3-11(4-6(8)9)5-7(10)12/h6H,2-5H2,1H3. The van der Waals surface area contributed by atoms with Crippen molar-refractivity contribution in [1.82, 2.24) is 9.80 Å². The van der Waals surface area contributed by atoms with Crippen LogP contribution in [0.25, 0.3) is 0 Å². The van der Waals surface area contributed by atoms with Crippen molar-refractivity contribution in [3.05, 3.63) is 0 Å². The molecule has 0 atom stereocenters. The second-order valence-electron chi connectivity index (χ2n) is 2.94. The van der Waals surface area contributed by atoms with E-state index in [4.69, 9.17) is 0 Å². The lowest BCUT2D eigenvalue weighted by molar-refractivity contribution is -0.135. The van der Waals surface area contributed by atoms with Gasteiger partial charge in [-0.05, 0) is 0 Å². The number of likely N-dealkylation sites (N-methyl/N-ethyl adjacent to an activating group) is 1. The van der Waals surface area contributed by atoms with Crippen LogP contribution in [0.2, 0.25) is 0 Å². The van der Waals surface area contributed by atoms with Gasteiger partial charge in [0.05, 0.1) is 13.1 Å². The average Bonchev–Trinajstić information content (AvgIpc) is 1.96. The summed E-state index contributed by atoms with van der Waals surface area (Å²) in [5, 5.41) is 0. The molecule has 0 aliphatic carbocycles. The van der Waals surface area contributed by atoms with Crippen molar-refractivity contribution in [2.75, 3.05) is 33.2 Å². The maximum atomic E-state index is 11.9. The largest absolute Gasteiger partial charge is 0.343 e. The Balaban J connectivity index is 2.35. The fraction of sp³-hybridized carbons (Fsp3) is 0.857. The lowest BCUT2D eigenvalue weighted by atomic mass is 10.3. The summed E-state index contributed by atoms with van der Waals surface area (Å²) in [6.45, 7) is 0.929. The fourth-order valence-electron chi connectivity index (χ4n) is 1.16. The van der Waals surface area contributed by atoms with E-state index in [-0.39, 0.29) is 19.0 Å². The summed E-state index contributed by atoms with van der Waals surface area (Å²) >= 11 is 0. The summed E-state index contributed by atoms with van der Waals surface area (Å²) in [6.07, 6.45) is -2.35. The van der Waals surface area contributed by atoms with Crippen LogP contribution < -0.4 is 0 Å². The molecule has 0 saturated carbocycles. The van der Waals surface area contributed by atoms with Crippen LogP contribution in [0.4, 0.5) is 8.78 Å². The summed E-state index contributed by atoms with van der Waals surface area (Å²) in [6, 6.07) is 0. The average molecular weight is 178 g/mol. The Kier molecular flexibility index (Phi) is 2.97. The molecule has 12 heavy (non-hydrogen) atoms. The molecule has 0 unspecified atom stereocenters. The number of carbonyl (C=O) groups is 1. The van der Waals surface area contributed by atoms with Crippen LogP contribution in [-0.4, -0.2) is 55.4 Å². The van der Waals surface area contributed by atoms with Gasteiger partial charge in [-0.15, -0.1) is 0 Å². The summed E-state index contributed by atoms with van der Waals surface area (Å²) < 4.78 is 23.8. The molecule has 1 saturated heterocycles. The third kappa shape index (κ3) is 2.41. The Hall–Kier alpha value is -0.710. The minimum atomic E-state index is -2.35. The Morgan fingerprint density at radius 2 is 2.17 bits per heavy atom. The van der Waals surface area contributed by atoms with Crippen molar-refractivity contribution in [3.8, 4) is 0 Å². The number of nitrogens with zero attached hydrogens (tertiary/aromatic N) is 2. The molecule has 5 heteroatoms. The molecule has 1 heterocycles. The second kappa shape index (κ2) is 3.80. The van der Waals surface area contributed by atoms with E-state index in [1.165, 1.54) is 4.90 Å². The highest BCUT2D eigenvalue weighted by molar-refractivity contribution is 5.78. The van der Waals surface area contributed by atoms with Gasteiger partial charge in [0.2, 0.25) is 5.91 Å². The molecule has 0 radical (unpaired) electrons. The maximum absolute atomic E-state index is 11.9. The van der Waals surface area contributed by atoms with Gasteiger partial charge < -0.3 is 4.90 Å². The number of alkyl halides is 2. The molecule has 1 aliphatic rings. The predicted octanol–water partition coefficient (Wildman–Crippen LogP) is 0.0255. The molecule has 0 aromatic heterocycles. The minimum absolute atomic E-state index is 0.0816. The molecule has 0 bridgehead atoms. The molecular weight excluding hydrogens is 166 g/mol. The second-order valence-corrected chi connectivity index (χ2v) is 2.94. The number of halogens is 2. The zero-order valence-corrected chi connectivity index (χ0v) is 6.96. The third-order valence-electron chi connectivity index (χ3n) is 1.93. The van der Waals surface area contributed by atoms with Crippen LogP contribution in [0.3, 0.4) is 0 Å². The minimum Gasteiger partial charge on any atom is -0.343 e. The lowest BCUT2D eigenvalue weighted by Crippen LogP contribution is -2.49. The quantitative estimate of drug-likeness (QED) is 0.595. The van der Waals surface area contributed by atoms with Crippen LogP contribution in [0.15, 0.2) is 0 Å². The third-order valence-corrected chi connectivity index (χ3v) is 1.93. The van der Waals surface area contributed by atoms with Crippen LogP contribution in [0, 0.1) is 0 Å². The summed E-state index contributed by atoms with van der Waals surface area (Å²) in [7, 11) is 1.68. The Bertz CT molecular complexity index is 175. The van der Waals surface area contributed by atoms with Gasteiger partial charge in [-0.25, -0.2) is 8.78 Å². The molecule has 0 aromatic rings.